The molecule has 21 heavy (non-hydrogen) atoms. The van der Waals surface area contributed by atoms with Gasteiger partial charge in [-0.15, -0.1) is 0 Å². The first-order valence-corrected chi connectivity index (χ1v) is 7.85. The molecule has 4 atom stereocenters. The number of aliphatic hydroxyl groups excluding tert-OH is 1. The van der Waals surface area contributed by atoms with Crippen LogP contribution in [0, 0.1) is 17.7 Å². The van der Waals surface area contributed by atoms with Gasteiger partial charge in [-0.1, -0.05) is 32.0 Å². The summed E-state index contributed by atoms with van der Waals surface area (Å²) in [6.45, 7) is 6.83. The summed E-state index contributed by atoms with van der Waals surface area (Å²) in [4.78, 5) is 2.29. The van der Waals surface area contributed by atoms with Crippen molar-refractivity contribution in [2.45, 2.75) is 32.4 Å². The Balaban J connectivity index is 2.01. The lowest BCUT2D eigenvalue weighted by Crippen LogP contribution is -2.45. The number of aliphatic hydroxyl groups is 1. The molecule has 2 N–H and O–H groups in total. The summed E-state index contributed by atoms with van der Waals surface area (Å²) in [7, 11) is 1.88. The van der Waals surface area contributed by atoms with Crippen LogP contribution in [0.4, 0.5) is 4.39 Å². The summed E-state index contributed by atoms with van der Waals surface area (Å²) in [5, 5.41) is 13.2. The van der Waals surface area contributed by atoms with E-state index in [1.165, 1.54) is 6.07 Å². The third-order valence-electron chi connectivity index (χ3n) is 4.67. The zero-order chi connectivity index (χ0) is 15.4. The first kappa shape index (κ1) is 16.4. The molecule has 1 aliphatic rings. The van der Waals surface area contributed by atoms with Gasteiger partial charge in [0.15, 0.2) is 0 Å². The Labute approximate surface area is 127 Å². The maximum Gasteiger partial charge on any atom is 0.127 e. The summed E-state index contributed by atoms with van der Waals surface area (Å²) < 4.78 is 14.0. The normalized spacial score (nSPS) is 26.5. The number of hydrogen-bond donors (Lipinski definition) is 2. The van der Waals surface area contributed by atoms with Crippen molar-refractivity contribution in [2.75, 3.05) is 26.7 Å². The lowest BCUT2D eigenvalue weighted by atomic mass is 9.91. The molecule has 0 spiro atoms. The minimum atomic E-state index is -0.243. The number of rotatable bonds is 5. The van der Waals surface area contributed by atoms with E-state index >= 15 is 0 Å². The molecule has 0 aromatic heterocycles. The Bertz CT molecular complexity index is 454. The van der Waals surface area contributed by atoms with E-state index in [1.807, 2.05) is 19.2 Å². The minimum absolute atomic E-state index is 0.0114. The standard InChI is InChI=1S/C17H27FN2O/c1-12-8-9-20(11-16(12)21)10-13(2)17(19-3)14-6-4-5-7-15(14)18/h4-7,12-13,16-17,19,21H,8-11H2,1-3H3. The van der Waals surface area contributed by atoms with Crippen molar-refractivity contribution in [3.63, 3.8) is 0 Å². The lowest BCUT2D eigenvalue weighted by molar-refractivity contribution is 0.0216. The smallest absolute Gasteiger partial charge is 0.127 e. The molecule has 118 valence electrons. The molecule has 0 aliphatic carbocycles. The van der Waals surface area contributed by atoms with E-state index < -0.39 is 0 Å². The molecule has 4 unspecified atom stereocenters. The zero-order valence-corrected chi connectivity index (χ0v) is 13.2. The van der Waals surface area contributed by atoms with Crippen LogP contribution in [-0.2, 0) is 0 Å². The lowest BCUT2D eigenvalue weighted by Gasteiger charge is -2.37. The summed E-state index contributed by atoms with van der Waals surface area (Å²) in [5.41, 5.74) is 0.721. The first-order chi connectivity index (χ1) is 10.0. The molecule has 4 heteroatoms. The van der Waals surface area contributed by atoms with Gasteiger partial charge in [0, 0.05) is 24.7 Å². The van der Waals surface area contributed by atoms with Crippen molar-refractivity contribution in [2.24, 2.45) is 11.8 Å². The van der Waals surface area contributed by atoms with Gasteiger partial charge in [0.1, 0.15) is 5.82 Å². The molecule has 1 saturated heterocycles. The Hall–Kier alpha value is -0.970. The molecule has 1 aliphatic heterocycles. The topological polar surface area (TPSA) is 35.5 Å². The fourth-order valence-electron chi connectivity index (χ4n) is 3.27. The van der Waals surface area contributed by atoms with Gasteiger partial charge < -0.3 is 15.3 Å². The SMILES string of the molecule is CNC(c1ccccc1F)C(C)CN1CCC(C)C(O)C1. The maximum atomic E-state index is 14.0. The van der Waals surface area contributed by atoms with Gasteiger partial charge in [-0.25, -0.2) is 4.39 Å². The summed E-state index contributed by atoms with van der Waals surface area (Å²) in [5.74, 6) is 0.492. The number of hydrogen-bond acceptors (Lipinski definition) is 3. The van der Waals surface area contributed by atoms with E-state index in [2.05, 4.69) is 24.1 Å². The summed E-state index contributed by atoms with van der Waals surface area (Å²) in [6.07, 6.45) is 0.782. The molecule has 0 bridgehead atoms. The molecule has 3 nitrogen and oxygen atoms in total. The average molecular weight is 294 g/mol. The number of nitrogens with one attached hydrogen (secondary N) is 1. The van der Waals surface area contributed by atoms with Crippen LogP contribution in [-0.4, -0.2) is 42.8 Å². The molecular weight excluding hydrogens is 267 g/mol. The van der Waals surface area contributed by atoms with Crippen molar-refractivity contribution in [3.8, 4) is 0 Å². The van der Waals surface area contributed by atoms with Crippen LogP contribution in [0.3, 0.4) is 0 Å². The van der Waals surface area contributed by atoms with Crippen LogP contribution in [0.15, 0.2) is 24.3 Å². The van der Waals surface area contributed by atoms with Crippen LogP contribution in [0.25, 0.3) is 0 Å². The number of halogens is 1. The Morgan fingerprint density at radius 2 is 2.14 bits per heavy atom. The second kappa shape index (κ2) is 7.34. The van der Waals surface area contributed by atoms with Crippen molar-refractivity contribution < 1.29 is 9.50 Å². The van der Waals surface area contributed by atoms with Gasteiger partial charge in [0.25, 0.3) is 0 Å². The fraction of sp³-hybridized carbons (Fsp3) is 0.647. The average Bonchev–Trinajstić information content (AvgIpc) is 2.46. The van der Waals surface area contributed by atoms with Gasteiger partial charge >= 0.3 is 0 Å². The number of likely N-dealkylation sites (tertiary alicyclic amines) is 1. The Kier molecular flexibility index (Phi) is 5.73. The fourth-order valence-corrected chi connectivity index (χ4v) is 3.27. The van der Waals surface area contributed by atoms with Crippen molar-refractivity contribution in [1.29, 1.82) is 0 Å². The van der Waals surface area contributed by atoms with E-state index in [4.69, 9.17) is 0 Å². The monoisotopic (exact) mass is 294 g/mol. The Morgan fingerprint density at radius 3 is 2.76 bits per heavy atom. The minimum Gasteiger partial charge on any atom is -0.392 e. The van der Waals surface area contributed by atoms with E-state index in [9.17, 15) is 9.50 Å². The molecule has 0 saturated carbocycles. The van der Waals surface area contributed by atoms with E-state index in [0.29, 0.717) is 5.92 Å². The van der Waals surface area contributed by atoms with Gasteiger partial charge in [0.2, 0.25) is 0 Å². The number of β-amino-alcohol motifs (C(OH)–C–C–N with tert-alkyl or cyclic N) is 1. The van der Waals surface area contributed by atoms with Crippen LogP contribution in [0.1, 0.15) is 31.9 Å². The molecule has 1 aromatic carbocycles. The third kappa shape index (κ3) is 4.02. The largest absolute Gasteiger partial charge is 0.392 e. The molecular formula is C17H27FN2O. The summed E-state index contributed by atoms with van der Waals surface area (Å²) >= 11 is 0. The van der Waals surface area contributed by atoms with Gasteiger partial charge in [-0.05, 0) is 37.9 Å². The second-order valence-electron chi connectivity index (χ2n) is 6.36. The zero-order valence-electron chi connectivity index (χ0n) is 13.2. The predicted octanol–water partition coefficient (Wildman–Crippen LogP) is 2.43. The number of piperidine rings is 1. The highest BCUT2D eigenvalue weighted by Gasteiger charge is 2.28. The second-order valence-corrected chi connectivity index (χ2v) is 6.36. The first-order valence-electron chi connectivity index (χ1n) is 7.85. The van der Waals surface area contributed by atoms with Crippen molar-refractivity contribution >= 4 is 0 Å². The van der Waals surface area contributed by atoms with Gasteiger partial charge in [0.05, 0.1) is 6.10 Å². The third-order valence-corrected chi connectivity index (χ3v) is 4.67. The van der Waals surface area contributed by atoms with Gasteiger partial charge in [-0.2, -0.15) is 0 Å². The molecule has 0 radical (unpaired) electrons. The van der Waals surface area contributed by atoms with Gasteiger partial charge in [-0.3, -0.25) is 0 Å². The van der Waals surface area contributed by atoms with Crippen LogP contribution < -0.4 is 5.32 Å². The highest BCUT2D eigenvalue weighted by Crippen LogP contribution is 2.26. The molecule has 1 fully saturated rings. The van der Waals surface area contributed by atoms with Crippen LogP contribution in [0.2, 0.25) is 0 Å². The van der Waals surface area contributed by atoms with E-state index in [-0.39, 0.29) is 23.9 Å². The van der Waals surface area contributed by atoms with Crippen molar-refractivity contribution in [1.82, 2.24) is 10.2 Å². The van der Waals surface area contributed by atoms with E-state index in [1.54, 1.807) is 6.07 Å². The quantitative estimate of drug-likeness (QED) is 0.875. The molecule has 2 rings (SSSR count). The van der Waals surface area contributed by atoms with Crippen LogP contribution in [0.5, 0.6) is 0 Å². The maximum absolute atomic E-state index is 14.0. The number of benzene rings is 1. The van der Waals surface area contributed by atoms with Crippen LogP contribution >= 0.6 is 0 Å². The molecule has 0 amide bonds. The molecule has 1 aromatic rings. The highest BCUT2D eigenvalue weighted by molar-refractivity contribution is 5.21. The summed E-state index contributed by atoms with van der Waals surface area (Å²) in [6, 6.07) is 6.95. The Morgan fingerprint density at radius 1 is 1.43 bits per heavy atom. The van der Waals surface area contributed by atoms with Crippen molar-refractivity contribution in [3.05, 3.63) is 35.6 Å². The molecule has 1 heterocycles. The van der Waals surface area contributed by atoms with E-state index in [0.717, 1.165) is 31.6 Å². The number of nitrogens with zero attached hydrogens (tertiary/aromatic N) is 1. The predicted molar refractivity (Wildman–Crippen MR) is 83.6 cm³/mol. The highest BCUT2D eigenvalue weighted by atomic mass is 19.1.